The van der Waals surface area contributed by atoms with E-state index < -0.39 is 0 Å². The Hall–Kier alpha value is -0.0600. The Morgan fingerprint density at radius 2 is 1.74 bits per heavy atom. The van der Waals surface area contributed by atoms with Crippen LogP contribution in [0, 0.1) is 0 Å². The van der Waals surface area contributed by atoms with Crippen molar-refractivity contribution >= 4 is 28.6 Å². The molecule has 0 aliphatic rings. The number of alkyl halides is 1. The Bertz CT molecular complexity index is 241. The number of esters is 1. The minimum atomic E-state index is -0.289. The summed E-state index contributed by atoms with van der Waals surface area (Å²) in [7, 11) is 0. The Labute approximate surface area is 132 Å². The summed E-state index contributed by atoms with van der Waals surface area (Å²) >= 11 is 2.43. The molecule has 0 saturated carbocycles. The fourth-order valence-corrected chi connectivity index (χ4v) is 3.05. The van der Waals surface area contributed by atoms with Crippen LogP contribution in [0.5, 0.6) is 0 Å². The maximum Gasteiger partial charge on any atom is 0.330 e. The molecule has 2 unspecified atom stereocenters. The van der Waals surface area contributed by atoms with E-state index >= 15 is 0 Å². The SMILES string of the molecule is C=CC(=O)OC(CCC)C(I)CCCCCCCC. The molecule has 0 aliphatic heterocycles. The summed E-state index contributed by atoms with van der Waals surface area (Å²) in [4.78, 5) is 11.3. The van der Waals surface area contributed by atoms with Crippen LogP contribution < -0.4 is 0 Å². The lowest BCUT2D eigenvalue weighted by Crippen LogP contribution is -2.26. The quantitative estimate of drug-likeness (QED) is 0.148. The first-order valence-corrected chi connectivity index (χ1v) is 8.87. The second kappa shape index (κ2) is 12.9. The molecule has 0 bridgehead atoms. The van der Waals surface area contributed by atoms with Crippen molar-refractivity contribution in [2.45, 2.75) is 81.7 Å². The van der Waals surface area contributed by atoms with Gasteiger partial charge in [-0.15, -0.1) is 0 Å². The number of ether oxygens (including phenoxy) is 1. The highest BCUT2D eigenvalue weighted by Gasteiger charge is 2.20. The molecular formula is C16H29IO2. The number of unbranched alkanes of at least 4 members (excludes halogenated alkanes) is 5. The van der Waals surface area contributed by atoms with E-state index in [0.29, 0.717) is 3.92 Å². The van der Waals surface area contributed by atoms with Gasteiger partial charge in [0.2, 0.25) is 0 Å². The molecule has 0 rings (SSSR count). The second-order valence-electron chi connectivity index (χ2n) is 5.04. The largest absolute Gasteiger partial charge is 0.458 e. The molecule has 2 nitrogen and oxygen atoms in total. The van der Waals surface area contributed by atoms with Crippen molar-refractivity contribution in [1.82, 2.24) is 0 Å². The number of halogens is 1. The Morgan fingerprint density at radius 3 is 2.32 bits per heavy atom. The fraction of sp³-hybridized carbons (Fsp3) is 0.812. The van der Waals surface area contributed by atoms with Gasteiger partial charge in [0.1, 0.15) is 6.10 Å². The standard InChI is InChI=1S/C16H29IO2/c1-4-7-8-9-10-11-13-14(17)15(12-5-2)19-16(18)6-3/h6,14-15H,3-5,7-13H2,1-2H3. The van der Waals surface area contributed by atoms with Gasteiger partial charge >= 0.3 is 5.97 Å². The van der Waals surface area contributed by atoms with Crippen LogP contribution in [0.25, 0.3) is 0 Å². The van der Waals surface area contributed by atoms with Crippen molar-refractivity contribution in [3.8, 4) is 0 Å². The molecule has 0 radical (unpaired) electrons. The van der Waals surface area contributed by atoms with Gasteiger partial charge in [-0.2, -0.15) is 0 Å². The van der Waals surface area contributed by atoms with Crippen LogP contribution in [0.2, 0.25) is 0 Å². The Balaban J connectivity index is 3.86. The third-order valence-corrected chi connectivity index (χ3v) is 4.67. The maximum absolute atomic E-state index is 11.3. The fourth-order valence-electron chi connectivity index (χ4n) is 2.10. The summed E-state index contributed by atoms with van der Waals surface area (Å²) < 4.78 is 5.86. The van der Waals surface area contributed by atoms with E-state index in [0.717, 1.165) is 19.3 Å². The van der Waals surface area contributed by atoms with Crippen LogP contribution in [0.3, 0.4) is 0 Å². The predicted molar refractivity (Wildman–Crippen MR) is 90.8 cm³/mol. The van der Waals surface area contributed by atoms with Gasteiger partial charge in [-0.25, -0.2) is 4.79 Å². The minimum Gasteiger partial charge on any atom is -0.458 e. The van der Waals surface area contributed by atoms with Gasteiger partial charge in [-0.3, -0.25) is 0 Å². The zero-order chi connectivity index (χ0) is 14.5. The van der Waals surface area contributed by atoms with Gasteiger partial charge in [0.25, 0.3) is 0 Å². The lowest BCUT2D eigenvalue weighted by Gasteiger charge is -2.22. The van der Waals surface area contributed by atoms with Gasteiger partial charge in [-0.05, 0) is 12.8 Å². The highest BCUT2D eigenvalue weighted by atomic mass is 127. The first-order valence-electron chi connectivity index (χ1n) is 7.62. The van der Waals surface area contributed by atoms with Crippen LogP contribution in [-0.4, -0.2) is 16.0 Å². The van der Waals surface area contributed by atoms with Gasteiger partial charge < -0.3 is 4.74 Å². The maximum atomic E-state index is 11.3. The molecule has 0 fully saturated rings. The zero-order valence-electron chi connectivity index (χ0n) is 12.5. The van der Waals surface area contributed by atoms with E-state index in [2.05, 4.69) is 43.0 Å². The Kier molecular flexibility index (Phi) is 12.9. The molecule has 0 spiro atoms. The molecule has 0 aromatic heterocycles. The van der Waals surface area contributed by atoms with Crippen LogP contribution in [0.15, 0.2) is 12.7 Å². The first kappa shape index (κ1) is 18.9. The number of rotatable bonds is 12. The molecule has 19 heavy (non-hydrogen) atoms. The van der Waals surface area contributed by atoms with Crippen molar-refractivity contribution in [3.63, 3.8) is 0 Å². The molecule has 0 saturated heterocycles. The van der Waals surface area contributed by atoms with Gasteiger partial charge in [0, 0.05) is 10.0 Å². The zero-order valence-corrected chi connectivity index (χ0v) is 14.7. The highest BCUT2D eigenvalue weighted by Crippen LogP contribution is 2.22. The predicted octanol–water partition coefficient (Wildman–Crippen LogP) is 5.44. The number of hydrogen-bond donors (Lipinski definition) is 0. The van der Waals surface area contributed by atoms with Gasteiger partial charge in [0.05, 0.1) is 0 Å². The van der Waals surface area contributed by atoms with Crippen LogP contribution in [0.1, 0.15) is 71.6 Å². The third kappa shape index (κ3) is 10.4. The van der Waals surface area contributed by atoms with E-state index in [1.165, 1.54) is 44.6 Å². The summed E-state index contributed by atoms with van der Waals surface area (Å²) in [6.45, 7) is 7.83. The van der Waals surface area contributed by atoms with E-state index in [9.17, 15) is 4.79 Å². The van der Waals surface area contributed by atoms with Crippen molar-refractivity contribution in [3.05, 3.63) is 12.7 Å². The van der Waals surface area contributed by atoms with E-state index in [1.54, 1.807) is 0 Å². The molecule has 0 N–H and O–H groups in total. The van der Waals surface area contributed by atoms with Crippen molar-refractivity contribution in [2.24, 2.45) is 0 Å². The number of carbonyl (C=O) groups excluding carboxylic acids is 1. The summed E-state index contributed by atoms with van der Waals surface area (Å²) in [6, 6.07) is 0. The normalized spacial score (nSPS) is 13.8. The lowest BCUT2D eigenvalue weighted by atomic mass is 10.0. The van der Waals surface area contributed by atoms with Crippen molar-refractivity contribution in [1.29, 1.82) is 0 Å². The summed E-state index contributed by atoms with van der Waals surface area (Å²) in [5.41, 5.74) is 0. The van der Waals surface area contributed by atoms with Crippen LogP contribution >= 0.6 is 22.6 Å². The molecule has 3 heteroatoms. The first-order chi connectivity index (χ1) is 9.15. The number of carbonyl (C=O) groups is 1. The molecule has 0 heterocycles. The smallest absolute Gasteiger partial charge is 0.330 e. The van der Waals surface area contributed by atoms with Crippen LogP contribution in [0.4, 0.5) is 0 Å². The molecule has 2 atom stereocenters. The van der Waals surface area contributed by atoms with Gasteiger partial charge in [0.15, 0.2) is 0 Å². The summed E-state index contributed by atoms with van der Waals surface area (Å²) in [6.07, 6.45) is 12.3. The molecular weight excluding hydrogens is 351 g/mol. The monoisotopic (exact) mass is 380 g/mol. The second-order valence-corrected chi connectivity index (χ2v) is 6.64. The average molecular weight is 380 g/mol. The van der Waals surface area contributed by atoms with E-state index in [-0.39, 0.29) is 12.1 Å². The number of hydrogen-bond acceptors (Lipinski definition) is 2. The molecule has 112 valence electrons. The van der Waals surface area contributed by atoms with E-state index in [1.807, 2.05) is 0 Å². The molecule has 0 aromatic rings. The summed E-state index contributed by atoms with van der Waals surface area (Å²) in [5, 5.41) is 0. The molecule has 0 amide bonds. The van der Waals surface area contributed by atoms with Crippen molar-refractivity contribution in [2.75, 3.05) is 0 Å². The topological polar surface area (TPSA) is 26.3 Å². The molecule has 0 aliphatic carbocycles. The third-order valence-electron chi connectivity index (χ3n) is 3.24. The van der Waals surface area contributed by atoms with Crippen molar-refractivity contribution < 1.29 is 9.53 Å². The average Bonchev–Trinajstić information content (AvgIpc) is 2.41. The van der Waals surface area contributed by atoms with E-state index in [4.69, 9.17) is 4.74 Å². The summed E-state index contributed by atoms with van der Waals surface area (Å²) in [5.74, 6) is -0.289. The van der Waals surface area contributed by atoms with Gasteiger partial charge in [-0.1, -0.05) is 88.0 Å². The lowest BCUT2D eigenvalue weighted by molar-refractivity contribution is -0.143. The molecule has 0 aromatic carbocycles. The van der Waals surface area contributed by atoms with Crippen LogP contribution in [-0.2, 0) is 9.53 Å². The minimum absolute atomic E-state index is 0.0479. The highest BCUT2D eigenvalue weighted by molar-refractivity contribution is 14.1. The Morgan fingerprint density at radius 1 is 1.11 bits per heavy atom.